The van der Waals surface area contributed by atoms with Gasteiger partial charge in [0.25, 0.3) is 5.56 Å². The van der Waals surface area contributed by atoms with E-state index in [-0.39, 0.29) is 27.9 Å². The highest BCUT2D eigenvalue weighted by Gasteiger charge is 2.30. The van der Waals surface area contributed by atoms with Gasteiger partial charge in [-0.1, -0.05) is 30.1 Å². The topological polar surface area (TPSA) is 115 Å². The minimum atomic E-state index is -1.90. The van der Waals surface area contributed by atoms with E-state index in [1.165, 1.54) is 24.4 Å². The zero-order valence-corrected chi connectivity index (χ0v) is 20.9. The zero-order chi connectivity index (χ0) is 28.3. The first-order valence-electron chi connectivity index (χ1n) is 10.9. The molecule has 0 fully saturated rings. The van der Waals surface area contributed by atoms with Gasteiger partial charge in [-0.05, 0) is 30.0 Å². The lowest BCUT2D eigenvalue weighted by molar-refractivity contribution is -0.140. The van der Waals surface area contributed by atoms with Crippen molar-refractivity contribution < 1.29 is 41.8 Å². The summed E-state index contributed by atoms with van der Waals surface area (Å²) in [7, 11) is 0. The summed E-state index contributed by atoms with van der Waals surface area (Å²) in [4.78, 5) is 50.0. The molecule has 0 aliphatic heterocycles. The first-order chi connectivity index (χ1) is 17.8. The molecule has 1 unspecified atom stereocenters. The van der Waals surface area contributed by atoms with E-state index >= 15 is 0 Å². The van der Waals surface area contributed by atoms with Gasteiger partial charge in [-0.15, -0.1) is 0 Å². The fourth-order valence-electron chi connectivity index (χ4n) is 3.62. The number of hydrogen-bond acceptors (Lipinski definition) is 5. The van der Waals surface area contributed by atoms with Gasteiger partial charge < -0.3 is 19.7 Å². The lowest BCUT2D eigenvalue weighted by atomic mass is 10.1. The van der Waals surface area contributed by atoms with Crippen LogP contribution in [0.2, 0.25) is 10.0 Å². The normalized spacial score (nSPS) is 12.7. The van der Waals surface area contributed by atoms with E-state index in [4.69, 9.17) is 23.2 Å². The molecule has 2 atom stereocenters. The molecule has 0 aliphatic rings. The van der Waals surface area contributed by atoms with Gasteiger partial charge in [-0.2, -0.15) is 8.78 Å². The third-order valence-corrected chi connectivity index (χ3v) is 6.23. The molecular weight excluding hydrogens is 559 g/mol. The number of nitrogens with one attached hydrogen (secondary N) is 1. The van der Waals surface area contributed by atoms with Gasteiger partial charge >= 0.3 is 5.97 Å². The van der Waals surface area contributed by atoms with E-state index in [2.05, 4.69) is 10.1 Å². The molecule has 0 spiro atoms. The van der Waals surface area contributed by atoms with Crippen molar-refractivity contribution in [3.63, 3.8) is 0 Å². The minimum Gasteiger partial charge on any atom is -0.481 e. The maximum absolute atomic E-state index is 13.8. The number of amides is 1. The quantitative estimate of drug-likeness (QED) is 0.273. The molecule has 202 valence electrons. The maximum Gasteiger partial charge on any atom is 0.305 e. The number of benzene rings is 2. The van der Waals surface area contributed by atoms with Crippen molar-refractivity contribution >= 4 is 51.6 Å². The zero-order valence-electron chi connectivity index (χ0n) is 19.4. The molecule has 3 rings (SSSR count). The number of nitrogens with zero attached hydrogens (tertiary/aromatic N) is 1. The van der Waals surface area contributed by atoms with Crippen LogP contribution in [0, 0.1) is 23.3 Å². The molecule has 8 nitrogen and oxygen atoms in total. The summed E-state index contributed by atoms with van der Waals surface area (Å²) in [5.41, 5.74) is -0.619. The Kier molecular flexibility index (Phi) is 9.00. The highest BCUT2D eigenvalue weighted by atomic mass is 35.5. The molecule has 1 heterocycles. The summed E-state index contributed by atoms with van der Waals surface area (Å²) >= 11 is 12.0. The Labute approximate surface area is 221 Å². The highest BCUT2D eigenvalue weighted by Crippen LogP contribution is 2.28. The van der Waals surface area contributed by atoms with E-state index in [1.54, 1.807) is 6.92 Å². The van der Waals surface area contributed by atoms with Crippen molar-refractivity contribution in [2.75, 3.05) is 6.61 Å². The molecule has 1 amide bonds. The number of carbonyl (C=O) groups excluding carboxylic acids is 2. The van der Waals surface area contributed by atoms with Crippen LogP contribution in [0.3, 0.4) is 0 Å². The number of ketones is 1. The smallest absolute Gasteiger partial charge is 0.305 e. The Morgan fingerprint density at radius 1 is 1.05 bits per heavy atom. The van der Waals surface area contributed by atoms with Crippen molar-refractivity contribution in [3.05, 3.63) is 74.1 Å². The van der Waals surface area contributed by atoms with E-state index in [9.17, 15) is 41.8 Å². The van der Waals surface area contributed by atoms with Crippen molar-refractivity contribution in [1.82, 2.24) is 9.88 Å². The van der Waals surface area contributed by atoms with Crippen LogP contribution < -0.4 is 15.6 Å². The van der Waals surface area contributed by atoms with Gasteiger partial charge in [0, 0.05) is 17.6 Å². The Hall–Kier alpha value is -3.64. The summed E-state index contributed by atoms with van der Waals surface area (Å²) in [5.74, 6) is -12.5. The van der Waals surface area contributed by atoms with E-state index in [0.717, 1.165) is 4.57 Å². The van der Waals surface area contributed by atoms with E-state index in [0.29, 0.717) is 5.39 Å². The molecular formula is C24H18Cl2F4N2O6. The lowest BCUT2D eigenvalue weighted by Crippen LogP contribution is -2.47. The summed E-state index contributed by atoms with van der Waals surface area (Å²) in [6, 6.07) is 1.24. The average molecular weight is 577 g/mol. The molecule has 2 N–H and O–H groups in total. The number of halogens is 6. The lowest BCUT2D eigenvalue weighted by Gasteiger charge is -2.22. The van der Waals surface area contributed by atoms with Crippen molar-refractivity contribution in [2.45, 2.75) is 31.8 Å². The summed E-state index contributed by atoms with van der Waals surface area (Å²) in [6.45, 7) is 0.317. The van der Waals surface area contributed by atoms with Crippen LogP contribution in [0.5, 0.6) is 5.75 Å². The Morgan fingerprint density at radius 3 is 2.24 bits per heavy atom. The number of carbonyl (C=O) groups is 3. The van der Waals surface area contributed by atoms with E-state index < -0.39 is 77.3 Å². The summed E-state index contributed by atoms with van der Waals surface area (Å²) in [6.07, 6.45) is 0.374. The molecule has 3 aromatic rings. The van der Waals surface area contributed by atoms with Crippen LogP contribution in [0.25, 0.3) is 10.8 Å². The molecule has 0 aliphatic carbocycles. The van der Waals surface area contributed by atoms with Gasteiger partial charge in [0.05, 0.1) is 16.5 Å². The molecule has 0 bridgehead atoms. The fourth-order valence-corrected chi connectivity index (χ4v) is 3.95. The fraction of sp³-hybridized carbons (Fsp3) is 0.250. The Morgan fingerprint density at radius 2 is 1.66 bits per heavy atom. The number of pyridine rings is 1. The maximum atomic E-state index is 13.8. The molecule has 1 aromatic heterocycles. The summed E-state index contributed by atoms with van der Waals surface area (Å²) in [5, 5.41) is 12.3. The van der Waals surface area contributed by atoms with Crippen LogP contribution >= 0.6 is 23.2 Å². The largest absolute Gasteiger partial charge is 0.481 e. The third kappa shape index (κ3) is 6.08. The van der Waals surface area contributed by atoms with Gasteiger partial charge in [0.15, 0.2) is 23.2 Å². The Bertz CT molecular complexity index is 1470. The van der Waals surface area contributed by atoms with Gasteiger partial charge in [-0.3, -0.25) is 19.2 Å². The predicted octanol–water partition coefficient (Wildman–Crippen LogP) is 4.42. The third-order valence-electron chi connectivity index (χ3n) is 5.51. The van der Waals surface area contributed by atoms with Gasteiger partial charge in [0.2, 0.25) is 17.5 Å². The predicted molar refractivity (Wildman–Crippen MR) is 129 cm³/mol. The first kappa shape index (κ1) is 28.9. The van der Waals surface area contributed by atoms with Crippen molar-refractivity contribution in [1.29, 1.82) is 0 Å². The number of carboxylic acids is 1. The molecule has 2 aromatic carbocycles. The molecule has 0 saturated carbocycles. The summed E-state index contributed by atoms with van der Waals surface area (Å²) < 4.78 is 60.1. The second kappa shape index (κ2) is 11.8. The van der Waals surface area contributed by atoms with Gasteiger partial charge in [-0.25, -0.2) is 8.78 Å². The van der Waals surface area contributed by atoms with Crippen LogP contribution in [0.4, 0.5) is 17.6 Å². The molecule has 0 radical (unpaired) electrons. The monoisotopic (exact) mass is 576 g/mol. The average Bonchev–Trinajstić information content (AvgIpc) is 2.85. The highest BCUT2D eigenvalue weighted by molar-refractivity contribution is 6.42. The van der Waals surface area contributed by atoms with Crippen molar-refractivity contribution in [2.24, 2.45) is 0 Å². The number of aromatic nitrogens is 1. The van der Waals surface area contributed by atoms with Gasteiger partial charge in [0.1, 0.15) is 18.7 Å². The van der Waals surface area contributed by atoms with E-state index in [1.807, 2.05) is 0 Å². The first-order valence-corrected chi connectivity index (χ1v) is 11.6. The number of fused-ring (bicyclic) bond motifs is 1. The second-order valence-corrected chi connectivity index (χ2v) is 8.83. The number of ether oxygens (including phenoxy) is 1. The SMILES string of the molecule is CC[C@@H](C(=O)NC(CC(=O)O)C(=O)COc1c(F)c(F)cc(F)c1F)n1ccc2cc(Cl)c(Cl)cc2c1=O. The standard InChI is InChI=1S/C24H18Cl2F4N2O6/c1-2-17(32-4-3-10-5-12(25)13(26)6-11(10)24(32)37)23(36)31-16(8-19(34)35)18(33)9-38-22-20(29)14(27)7-15(28)21(22)30/h3-7,16-17H,2,8-9H2,1H3,(H,31,36)(H,34,35)/t16?,17-/m0/s1. The van der Waals surface area contributed by atoms with Crippen molar-refractivity contribution in [3.8, 4) is 5.75 Å². The molecule has 14 heteroatoms. The number of carboxylic acid groups (broad SMARTS) is 1. The van der Waals surface area contributed by atoms with Crippen LogP contribution in [-0.4, -0.2) is 40.0 Å². The second-order valence-electron chi connectivity index (χ2n) is 8.02. The van der Waals surface area contributed by atoms with Crippen LogP contribution in [0.1, 0.15) is 25.8 Å². The number of rotatable bonds is 10. The van der Waals surface area contributed by atoms with Crippen LogP contribution in [-0.2, 0) is 14.4 Å². The number of hydrogen-bond donors (Lipinski definition) is 2. The molecule has 38 heavy (non-hydrogen) atoms. The number of Topliss-reactive ketones (excluding diaryl/α,β-unsaturated/α-hetero) is 1. The Balaban J connectivity index is 1.85. The number of aliphatic carboxylic acids is 1. The molecule has 0 saturated heterocycles. The minimum absolute atomic E-state index is 0.0298. The van der Waals surface area contributed by atoms with Crippen LogP contribution in [0.15, 0.2) is 35.3 Å².